The summed E-state index contributed by atoms with van der Waals surface area (Å²) in [6, 6.07) is 14.7. The van der Waals surface area contributed by atoms with Crippen LogP contribution in [0.3, 0.4) is 0 Å². The maximum Gasteiger partial charge on any atom is 0.350 e. The van der Waals surface area contributed by atoms with E-state index in [4.69, 9.17) is 0 Å². The molecule has 1 aliphatic heterocycles. The monoisotopic (exact) mass is 450 g/mol. The van der Waals surface area contributed by atoms with Crippen molar-refractivity contribution >= 4 is 17.3 Å². The number of phenols is 1. The largest absolute Gasteiger partial charge is 0.508 e. The Bertz CT molecular complexity index is 1140. The van der Waals surface area contributed by atoms with Crippen molar-refractivity contribution in [1.82, 2.24) is 19.7 Å². The van der Waals surface area contributed by atoms with Gasteiger partial charge in [0.1, 0.15) is 12.1 Å². The van der Waals surface area contributed by atoms with E-state index in [2.05, 4.69) is 20.2 Å². The first-order chi connectivity index (χ1) is 15.8. The first-order valence-corrected chi connectivity index (χ1v) is 11.2. The van der Waals surface area contributed by atoms with Crippen molar-refractivity contribution in [3.05, 3.63) is 65.3 Å². The van der Waals surface area contributed by atoms with Crippen LogP contribution in [0.1, 0.15) is 26.8 Å². The molecular weight excluding hydrogens is 420 g/mol. The van der Waals surface area contributed by atoms with Crippen LogP contribution in [0.2, 0.25) is 0 Å². The van der Waals surface area contributed by atoms with Crippen molar-refractivity contribution in [2.75, 3.05) is 36.0 Å². The maximum atomic E-state index is 12.9. The zero-order chi connectivity index (χ0) is 23.5. The number of phenolic OH excluding ortho intramolecular Hbond substituents is 1. The van der Waals surface area contributed by atoms with Gasteiger partial charge in [0, 0.05) is 50.5 Å². The lowest BCUT2D eigenvalue weighted by atomic mass is 10.2. The molecule has 2 atom stereocenters. The van der Waals surface area contributed by atoms with Crippen molar-refractivity contribution in [3.63, 3.8) is 0 Å². The number of aromatic nitrogens is 3. The number of rotatable bonds is 6. The Morgan fingerprint density at radius 2 is 1.39 bits per heavy atom. The fourth-order valence-electron chi connectivity index (χ4n) is 4.14. The minimum Gasteiger partial charge on any atom is -0.508 e. The molecule has 4 rings (SSSR count). The third-order valence-electron chi connectivity index (χ3n) is 6.22. The molecule has 1 aliphatic rings. The molecule has 0 spiro atoms. The lowest BCUT2D eigenvalue weighted by Crippen LogP contribution is -2.46. The fraction of sp³-hybridized carbons (Fsp3) is 0.375. The highest BCUT2D eigenvalue weighted by molar-refractivity contribution is 5.73. The third kappa shape index (κ3) is 4.87. The summed E-state index contributed by atoms with van der Waals surface area (Å²) < 4.78 is 2.92. The molecule has 2 N–H and O–H groups in total. The summed E-state index contributed by atoms with van der Waals surface area (Å²) >= 11 is 0. The quantitative estimate of drug-likeness (QED) is 0.598. The zero-order valence-corrected chi connectivity index (χ0v) is 19.2. The predicted octanol–water partition coefficient (Wildman–Crippen LogP) is 2.15. The Morgan fingerprint density at radius 1 is 0.909 bits per heavy atom. The standard InChI is InChI=1S/C24H30N6O3/c1-17(26-19(3)31)18(2)30-24(33)29(16-25-30)22-6-4-20(5-7-22)27-12-14-28(15-13-27)21-8-10-23(32)11-9-21/h4-11,16-18,32H,12-15H2,1-3H3,(H,26,31)/t17-,18-/m1/s1. The molecule has 2 aromatic carbocycles. The number of amides is 1. The van der Waals surface area contributed by atoms with E-state index in [-0.39, 0.29) is 29.4 Å². The Labute approximate surface area is 192 Å². The van der Waals surface area contributed by atoms with E-state index in [0.29, 0.717) is 0 Å². The van der Waals surface area contributed by atoms with Crippen LogP contribution in [0.15, 0.2) is 59.7 Å². The van der Waals surface area contributed by atoms with Crippen molar-refractivity contribution in [3.8, 4) is 11.4 Å². The van der Waals surface area contributed by atoms with Crippen molar-refractivity contribution in [2.45, 2.75) is 32.9 Å². The number of hydrogen-bond acceptors (Lipinski definition) is 6. The van der Waals surface area contributed by atoms with Gasteiger partial charge in [0.05, 0.1) is 11.7 Å². The summed E-state index contributed by atoms with van der Waals surface area (Å²) in [4.78, 5) is 28.9. The van der Waals surface area contributed by atoms with E-state index < -0.39 is 0 Å². The highest BCUT2D eigenvalue weighted by atomic mass is 16.3. The number of anilines is 2. The summed E-state index contributed by atoms with van der Waals surface area (Å²) in [6.45, 7) is 8.73. The van der Waals surface area contributed by atoms with Crippen LogP contribution in [-0.2, 0) is 4.79 Å². The number of piperazine rings is 1. The lowest BCUT2D eigenvalue weighted by molar-refractivity contribution is -0.119. The Morgan fingerprint density at radius 3 is 1.91 bits per heavy atom. The summed E-state index contributed by atoms with van der Waals surface area (Å²) in [5.74, 6) is 0.139. The highest BCUT2D eigenvalue weighted by Gasteiger charge is 2.20. The lowest BCUT2D eigenvalue weighted by Gasteiger charge is -2.37. The van der Waals surface area contributed by atoms with Gasteiger partial charge in [0.15, 0.2) is 0 Å². The van der Waals surface area contributed by atoms with E-state index in [9.17, 15) is 14.7 Å². The minimum atomic E-state index is -0.271. The van der Waals surface area contributed by atoms with Crippen LogP contribution in [0, 0.1) is 0 Å². The molecule has 3 aromatic rings. The molecule has 33 heavy (non-hydrogen) atoms. The average molecular weight is 451 g/mol. The number of aromatic hydroxyl groups is 1. The molecule has 0 radical (unpaired) electrons. The normalized spacial score (nSPS) is 15.8. The van der Waals surface area contributed by atoms with Crippen LogP contribution in [0.5, 0.6) is 5.75 Å². The van der Waals surface area contributed by atoms with Crippen LogP contribution in [0.25, 0.3) is 5.69 Å². The molecular formula is C24H30N6O3. The SMILES string of the molecule is CC(=O)N[C@H](C)[C@@H](C)n1ncn(-c2ccc(N3CCN(c4ccc(O)cc4)CC3)cc2)c1=O. The number of hydrogen-bond donors (Lipinski definition) is 2. The number of carbonyl (C=O) groups is 1. The van der Waals surface area contributed by atoms with Crippen molar-refractivity contribution in [1.29, 1.82) is 0 Å². The topological polar surface area (TPSA) is 95.6 Å². The van der Waals surface area contributed by atoms with Gasteiger partial charge >= 0.3 is 5.69 Å². The Kier molecular flexibility index (Phi) is 6.39. The maximum absolute atomic E-state index is 12.9. The second-order valence-corrected chi connectivity index (χ2v) is 8.46. The second-order valence-electron chi connectivity index (χ2n) is 8.46. The van der Waals surface area contributed by atoms with Gasteiger partial charge in [-0.05, 0) is 62.4 Å². The smallest absolute Gasteiger partial charge is 0.350 e. The molecule has 1 fully saturated rings. The van der Waals surface area contributed by atoms with E-state index in [1.807, 2.05) is 50.2 Å². The minimum absolute atomic E-state index is 0.138. The summed E-state index contributed by atoms with van der Waals surface area (Å²) in [7, 11) is 0. The first-order valence-electron chi connectivity index (χ1n) is 11.2. The first kappa shape index (κ1) is 22.4. The van der Waals surface area contributed by atoms with Gasteiger partial charge in [-0.2, -0.15) is 5.10 Å². The van der Waals surface area contributed by atoms with Gasteiger partial charge in [-0.1, -0.05) is 0 Å². The molecule has 9 nitrogen and oxygen atoms in total. The van der Waals surface area contributed by atoms with Gasteiger partial charge in [-0.25, -0.2) is 14.0 Å². The molecule has 1 aromatic heterocycles. The Hall–Kier alpha value is -3.75. The molecule has 1 amide bonds. The van der Waals surface area contributed by atoms with Gasteiger partial charge < -0.3 is 20.2 Å². The highest BCUT2D eigenvalue weighted by Crippen LogP contribution is 2.23. The molecule has 9 heteroatoms. The number of carbonyl (C=O) groups excluding carboxylic acids is 1. The second kappa shape index (κ2) is 9.40. The van der Waals surface area contributed by atoms with E-state index in [1.165, 1.54) is 22.5 Å². The van der Waals surface area contributed by atoms with Gasteiger partial charge in [-0.15, -0.1) is 0 Å². The van der Waals surface area contributed by atoms with E-state index >= 15 is 0 Å². The number of nitrogens with zero attached hydrogens (tertiary/aromatic N) is 5. The van der Waals surface area contributed by atoms with Crippen LogP contribution < -0.4 is 20.8 Å². The van der Waals surface area contributed by atoms with Gasteiger partial charge in [-0.3, -0.25) is 4.79 Å². The zero-order valence-electron chi connectivity index (χ0n) is 19.2. The molecule has 0 bridgehead atoms. The molecule has 1 saturated heterocycles. The molecule has 0 aliphatic carbocycles. The third-order valence-corrected chi connectivity index (χ3v) is 6.22. The molecule has 0 unspecified atom stereocenters. The number of benzene rings is 2. The Balaban J connectivity index is 1.42. The average Bonchev–Trinajstić information content (AvgIpc) is 3.20. The van der Waals surface area contributed by atoms with E-state index in [0.717, 1.165) is 43.2 Å². The van der Waals surface area contributed by atoms with Crippen molar-refractivity contribution in [2.24, 2.45) is 0 Å². The predicted molar refractivity (Wildman–Crippen MR) is 128 cm³/mol. The summed E-state index contributed by atoms with van der Waals surface area (Å²) in [6.07, 6.45) is 1.52. The summed E-state index contributed by atoms with van der Waals surface area (Å²) in [5, 5.41) is 16.6. The van der Waals surface area contributed by atoms with Crippen LogP contribution in [0.4, 0.5) is 11.4 Å². The van der Waals surface area contributed by atoms with Crippen LogP contribution in [-0.4, -0.2) is 57.6 Å². The van der Waals surface area contributed by atoms with E-state index in [1.54, 1.807) is 12.1 Å². The number of nitrogens with one attached hydrogen (secondary N) is 1. The van der Waals surface area contributed by atoms with Crippen molar-refractivity contribution < 1.29 is 9.90 Å². The van der Waals surface area contributed by atoms with Crippen LogP contribution >= 0.6 is 0 Å². The summed E-state index contributed by atoms with van der Waals surface area (Å²) in [5.41, 5.74) is 2.73. The van der Waals surface area contributed by atoms with Gasteiger partial charge in [0.2, 0.25) is 5.91 Å². The molecule has 0 saturated carbocycles. The fourth-order valence-corrected chi connectivity index (χ4v) is 4.14. The molecule has 2 heterocycles. The molecule has 174 valence electrons. The van der Waals surface area contributed by atoms with Gasteiger partial charge in [0.25, 0.3) is 0 Å².